The van der Waals surface area contributed by atoms with Crippen molar-refractivity contribution in [2.24, 2.45) is 0 Å². The van der Waals surface area contributed by atoms with Gasteiger partial charge in [-0.1, -0.05) is 37.1 Å². The molecule has 6 heteroatoms. The van der Waals surface area contributed by atoms with Crippen molar-refractivity contribution >= 4 is 35.0 Å². The highest BCUT2D eigenvalue weighted by atomic mass is 32.2. The first kappa shape index (κ1) is 18.9. The normalized spacial score (nSPS) is 19.0. The number of thioether (sulfide) groups is 1. The van der Waals surface area contributed by atoms with Gasteiger partial charge in [-0.05, 0) is 37.1 Å². The number of carbonyl (C=O) groups is 2. The van der Waals surface area contributed by atoms with Crippen molar-refractivity contribution in [2.75, 3.05) is 16.8 Å². The first-order valence-corrected chi connectivity index (χ1v) is 10.6. The highest BCUT2D eigenvalue weighted by molar-refractivity contribution is 8.00. The van der Waals surface area contributed by atoms with Gasteiger partial charge in [-0.25, -0.2) is 0 Å². The quantitative estimate of drug-likeness (QED) is 0.828. The molecule has 0 spiro atoms. The molecule has 1 saturated carbocycles. The molecule has 2 aromatic carbocycles. The number of nitrogens with zero attached hydrogens (tertiary/aromatic N) is 1. The molecule has 2 amide bonds. The van der Waals surface area contributed by atoms with Crippen LogP contribution >= 0.6 is 11.8 Å². The zero-order valence-corrected chi connectivity index (χ0v) is 16.7. The van der Waals surface area contributed by atoms with Crippen LogP contribution < -0.4 is 15.0 Å². The molecule has 1 atom stereocenters. The van der Waals surface area contributed by atoms with E-state index >= 15 is 0 Å². The van der Waals surface area contributed by atoms with Crippen LogP contribution in [0.15, 0.2) is 53.4 Å². The van der Waals surface area contributed by atoms with Crippen LogP contribution in [-0.2, 0) is 9.59 Å². The first-order chi connectivity index (χ1) is 13.6. The number of para-hydroxylation sites is 3. The molecular formula is C22H24N2O3S. The van der Waals surface area contributed by atoms with Gasteiger partial charge in [0.05, 0.1) is 17.9 Å². The third-order valence-corrected chi connectivity index (χ3v) is 6.60. The standard InChI is InChI=1S/C22H24N2O3S/c1-15(25)24-14-20(27-19-12-6-5-11-18(19)24)22(26)23-17-10-4-7-13-21(17)28-16-8-2-3-9-16/h4-7,10-13,16,20H,2-3,8-9,14H2,1H3,(H,23,26)/t20-/m1/s1. The molecule has 4 rings (SSSR count). The van der Waals surface area contributed by atoms with Gasteiger partial charge in [0.25, 0.3) is 5.91 Å². The number of rotatable bonds is 4. The van der Waals surface area contributed by atoms with Crippen LogP contribution in [0.1, 0.15) is 32.6 Å². The average Bonchev–Trinajstić information content (AvgIpc) is 3.21. The maximum Gasteiger partial charge on any atom is 0.267 e. The monoisotopic (exact) mass is 396 g/mol. The van der Waals surface area contributed by atoms with Crippen molar-refractivity contribution in [3.63, 3.8) is 0 Å². The second-order valence-electron chi connectivity index (χ2n) is 7.21. The van der Waals surface area contributed by atoms with Crippen molar-refractivity contribution in [3.8, 4) is 5.75 Å². The Bertz CT molecular complexity index is 880. The molecule has 146 valence electrons. The van der Waals surface area contributed by atoms with E-state index in [9.17, 15) is 9.59 Å². The molecule has 2 aromatic rings. The van der Waals surface area contributed by atoms with E-state index in [1.807, 2.05) is 48.2 Å². The van der Waals surface area contributed by atoms with Gasteiger partial charge in [0.15, 0.2) is 6.10 Å². The predicted molar refractivity (Wildman–Crippen MR) is 112 cm³/mol. The van der Waals surface area contributed by atoms with Crippen molar-refractivity contribution < 1.29 is 14.3 Å². The molecule has 0 bridgehead atoms. The van der Waals surface area contributed by atoms with Gasteiger partial charge in [-0.2, -0.15) is 0 Å². The van der Waals surface area contributed by atoms with Crippen LogP contribution in [0, 0.1) is 0 Å². The van der Waals surface area contributed by atoms with Crippen molar-refractivity contribution in [3.05, 3.63) is 48.5 Å². The molecule has 1 aliphatic heterocycles. The Morgan fingerprint density at radius 3 is 2.57 bits per heavy atom. The average molecular weight is 397 g/mol. The second kappa shape index (κ2) is 8.27. The lowest BCUT2D eigenvalue weighted by molar-refractivity contribution is -0.123. The molecule has 5 nitrogen and oxygen atoms in total. The Balaban J connectivity index is 1.51. The Kier molecular flexibility index (Phi) is 5.57. The van der Waals surface area contributed by atoms with Crippen LogP contribution in [0.25, 0.3) is 0 Å². The molecule has 1 aliphatic carbocycles. The summed E-state index contributed by atoms with van der Waals surface area (Å²) in [5.74, 6) is 0.212. The molecule has 1 heterocycles. The fourth-order valence-electron chi connectivity index (χ4n) is 3.74. The number of amides is 2. The lowest BCUT2D eigenvalue weighted by Crippen LogP contribution is -2.48. The van der Waals surface area contributed by atoms with E-state index in [1.165, 1.54) is 32.6 Å². The number of carbonyl (C=O) groups excluding carboxylic acids is 2. The molecule has 28 heavy (non-hydrogen) atoms. The summed E-state index contributed by atoms with van der Waals surface area (Å²) in [7, 11) is 0. The fourth-order valence-corrected chi connectivity index (χ4v) is 5.07. The molecule has 0 saturated heterocycles. The summed E-state index contributed by atoms with van der Waals surface area (Å²) in [4.78, 5) is 27.7. The van der Waals surface area contributed by atoms with Crippen LogP contribution in [0.2, 0.25) is 0 Å². The number of hydrogen-bond donors (Lipinski definition) is 1. The SMILES string of the molecule is CC(=O)N1C[C@H](C(=O)Nc2ccccc2SC2CCCC2)Oc2ccccc21. The molecule has 0 radical (unpaired) electrons. The Morgan fingerprint density at radius 2 is 1.79 bits per heavy atom. The van der Waals surface area contributed by atoms with Gasteiger partial charge in [0.2, 0.25) is 5.91 Å². The summed E-state index contributed by atoms with van der Waals surface area (Å²) in [5.41, 5.74) is 1.51. The minimum atomic E-state index is -0.747. The zero-order chi connectivity index (χ0) is 19.5. The largest absolute Gasteiger partial charge is 0.476 e. The number of hydrogen-bond acceptors (Lipinski definition) is 4. The number of fused-ring (bicyclic) bond motifs is 1. The van der Waals surface area contributed by atoms with Crippen LogP contribution in [0.4, 0.5) is 11.4 Å². The molecule has 1 N–H and O–H groups in total. The molecular weight excluding hydrogens is 372 g/mol. The van der Waals surface area contributed by atoms with E-state index in [0.29, 0.717) is 16.7 Å². The molecule has 1 fully saturated rings. The summed E-state index contributed by atoms with van der Waals surface area (Å²) < 4.78 is 5.91. The highest BCUT2D eigenvalue weighted by Gasteiger charge is 2.32. The van der Waals surface area contributed by atoms with E-state index in [-0.39, 0.29) is 18.4 Å². The van der Waals surface area contributed by atoms with E-state index in [2.05, 4.69) is 11.4 Å². The summed E-state index contributed by atoms with van der Waals surface area (Å²) in [5, 5.41) is 3.64. The summed E-state index contributed by atoms with van der Waals surface area (Å²) >= 11 is 1.84. The Hall–Kier alpha value is -2.47. The Morgan fingerprint density at radius 1 is 1.07 bits per heavy atom. The Labute approximate surface area is 169 Å². The van der Waals surface area contributed by atoms with E-state index < -0.39 is 6.10 Å². The van der Waals surface area contributed by atoms with Crippen molar-refractivity contribution in [2.45, 2.75) is 48.9 Å². The number of ether oxygens (including phenoxy) is 1. The third-order valence-electron chi connectivity index (χ3n) is 5.19. The van der Waals surface area contributed by atoms with Crippen LogP contribution in [0.3, 0.4) is 0 Å². The minimum absolute atomic E-state index is 0.106. The van der Waals surface area contributed by atoms with E-state index in [1.54, 1.807) is 11.0 Å². The van der Waals surface area contributed by atoms with Crippen LogP contribution in [0.5, 0.6) is 5.75 Å². The maximum atomic E-state index is 13.0. The van der Waals surface area contributed by atoms with E-state index in [0.717, 1.165) is 10.6 Å². The molecule has 0 aromatic heterocycles. The summed E-state index contributed by atoms with van der Waals surface area (Å²) in [6.45, 7) is 1.71. The molecule has 0 unspecified atom stereocenters. The zero-order valence-electron chi connectivity index (χ0n) is 15.9. The third kappa shape index (κ3) is 4.02. The van der Waals surface area contributed by atoms with Gasteiger partial charge >= 0.3 is 0 Å². The minimum Gasteiger partial charge on any atom is -0.476 e. The highest BCUT2D eigenvalue weighted by Crippen LogP contribution is 2.38. The summed E-state index contributed by atoms with van der Waals surface area (Å²) in [6, 6.07) is 15.2. The van der Waals surface area contributed by atoms with Gasteiger partial charge in [0, 0.05) is 17.1 Å². The lowest BCUT2D eigenvalue weighted by atomic mass is 10.1. The van der Waals surface area contributed by atoms with Crippen LogP contribution in [-0.4, -0.2) is 29.7 Å². The van der Waals surface area contributed by atoms with Gasteiger partial charge in [-0.15, -0.1) is 11.8 Å². The fraction of sp³-hybridized carbons (Fsp3) is 0.364. The number of nitrogens with one attached hydrogen (secondary N) is 1. The predicted octanol–water partition coefficient (Wildman–Crippen LogP) is 4.47. The van der Waals surface area contributed by atoms with Gasteiger partial charge in [-0.3, -0.25) is 9.59 Å². The topological polar surface area (TPSA) is 58.6 Å². The number of anilines is 2. The van der Waals surface area contributed by atoms with Crippen molar-refractivity contribution in [1.29, 1.82) is 0 Å². The summed E-state index contributed by atoms with van der Waals surface area (Å²) in [6.07, 6.45) is 4.26. The first-order valence-electron chi connectivity index (χ1n) is 9.72. The van der Waals surface area contributed by atoms with Crippen molar-refractivity contribution in [1.82, 2.24) is 0 Å². The lowest BCUT2D eigenvalue weighted by Gasteiger charge is -2.33. The smallest absolute Gasteiger partial charge is 0.267 e. The molecule has 2 aliphatic rings. The maximum absolute atomic E-state index is 13.0. The number of benzene rings is 2. The van der Waals surface area contributed by atoms with E-state index in [4.69, 9.17) is 4.74 Å². The van der Waals surface area contributed by atoms with Gasteiger partial charge in [0.1, 0.15) is 5.75 Å². The second-order valence-corrected chi connectivity index (χ2v) is 8.56. The van der Waals surface area contributed by atoms with Gasteiger partial charge < -0.3 is 15.0 Å².